The molecule has 0 fully saturated rings. The molecule has 0 bridgehead atoms. The van der Waals surface area contributed by atoms with Crippen molar-refractivity contribution in [1.82, 2.24) is 0 Å². The molecule has 0 aliphatic rings. The van der Waals surface area contributed by atoms with Gasteiger partial charge in [0.1, 0.15) is 12.2 Å². The molecule has 0 aliphatic carbocycles. The van der Waals surface area contributed by atoms with Gasteiger partial charge in [-0.3, -0.25) is 9.59 Å². The van der Waals surface area contributed by atoms with Crippen LogP contribution in [0.25, 0.3) is 0 Å². The smallest absolute Gasteiger partial charge is 0.233 e. The minimum absolute atomic E-state index is 0.0479. The van der Waals surface area contributed by atoms with Crippen LogP contribution in [-0.4, -0.2) is 16.9 Å². The average Bonchev–Trinajstić information content (AvgIpc) is 2.10. The van der Waals surface area contributed by atoms with E-state index in [1.54, 1.807) is 12.1 Å². The van der Waals surface area contributed by atoms with Crippen LogP contribution in [0.3, 0.4) is 0 Å². The Labute approximate surface area is 99.8 Å². The predicted octanol–water partition coefficient (Wildman–Crippen LogP) is 0.811. The van der Waals surface area contributed by atoms with E-state index in [1.165, 1.54) is 6.07 Å². The Balaban J connectivity index is 2.76. The second-order valence-electron chi connectivity index (χ2n) is 2.85. The van der Waals surface area contributed by atoms with Gasteiger partial charge in [0, 0.05) is 3.57 Å². The molecule has 0 saturated carbocycles. The summed E-state index contributed by atoms with van der Waals surface area (Å²) in [4.78, 5) is 21.6. The molecular weight excluding hydrogens is 311 g/mol. The summed E-state index contributed by atoms with van der Waals surface area (Å²) in [6.07, 6.45) is -0.398. The Bertz CT molecular complexity index is 406. The second-order valence-corrected chi connectivity index (χ2v) is 4.10. The number of nitrogens with one attached hydrogen (secondary N) is 1. The maximum absolute atomic E-state index is 11.2. The Morgan fingerprint density at radius 3 is 2.73 bits per heavy atom. The van der Waals surface area contributed by atoms with Gasteiger partial charge in [-0.05, 0) is 40.8 Å². The summed E-state index contributed by atoms with van der Waals surface area (Å²) in [5, 5.41) is 11.8. The highest BCUT2D eigenvalue weighted by molar-refractivity contribution is 14.1. The lowest BCUT2D eigenvalue weighted by atomic mass is 10.3. The van der Waals surface area contributed by atoms with Crippen LogP contribution in [0.1, 0.15) is 6.42 Å². The molecule has 0 radical (unpaired) electrons. The van der Waals surface area contributed by atoms with Crippen molar-refractivity contribution in [2.45, 2.75) is 6.42 Å². The first-order valence-electron chi connectivity index (χ1n) is 4.05. The number of hydrogen-bond acceptors (Lipinski definition) is 3. The van der Waals surface area contributed by atoms with Gasteiger partial charge in [-0.2, -0.15) is 0 Å². The fraction of sp³-hybridized carbons (Fsp3) is 0.111. The highest BCUT2D eigenvalue weighted by atomic mass is 127. The highest BCUT2D eigenvalue weighted by Crippen LogP contribution is 2.24. The van der Waals surface area contributed by atoms with Gasteiger partial charge < -0.3 is 16.2 Å². The monoisotopic (exact) mass is 320 g/mol. The summed E-state index contributed by atoms with van der Waals surface area (Å²) in [6.45, 7) is 0. The van der Waals surface area contributed by atoms with E-state index in [4.69, 9.17) is 5.73 Å². The fourth-order valence-corrected chi connectivity index (χ4v) is 1.45. The average molecular weight is 320 g/mol. The Morgan fingerprint density at radius 1 is 1.47 bits per heavy atom. The molecular formula is C9H9IN2O3. The molecule has 4 N–H and O–H groups in total. The van der Waals surface area contributed by atoms with Crippen molar-refractivity contribution in [3.63, 3.8) is 0 Å². The molecule has 1 rings (SSSR count). The molecule has 0 aromatic heterocycles. The predicted molar refractivity (Wildman–Crippen MR) is 63.3 cm³/mol. The Morgan fingerprint density at radius 2 is 2.13 bits per heavy atom. The number of anilines is 1. The van der Waals surface area contributed by atoms with Crippen molar-refractivity contribution >= 4 is 40.1 Å². The number of benzene rings is 1. The minimum atomic E-state index is -0.711. The lowest BCUT2D eigenvalue weighted by Crippen LogP contribution is -2.21. The Hall–Kier alpha value is -1.31. The summed E-state index contributed by atoms with van der Waals surface area (Å²) in [5.74, 6) is -1.30. The molecule has 6 heteroatoms. The van der Waals surface area contributed by atoms with Crippen LogP contribution in [0, 0.1) is 3.57 Å². The SMILES string of the molecule is NC(=O)CC(=O)Nc1cc(I)ccc1O. The van der Waals surface area contributed by atoms with E-state index in [1.807, 2.05) is 22.6 Å². The van der Waals surface area contributed by atoms with Crippen molar-refractivity contribution in [1.29, 1.82) is 0 Å². The van der Waals surface area contributed by atoms with E-state index in [0.717, 1.165) is 3.57 Å². The number of amides is 2. The van der Waals surface area contributed by atoms with Gasteiger partial charge in [0.2, 0.25) is 11.8 Å². The molecule has 0 unspecified atom stereocenters. The third-order valence-corrected chi connectivity index (χ3v) is 2.24. The topological polar surface area (TPSA) is 92.4 Å². The van der Waals surface area contributed by atoms with Gasteiger partial charge in [0.25, 0.3) is 0 Å². The number of carbonyl (C=O) groups excluding carboxylic acids is 2. The van der Waals surface area contributed by atoms with Crippen LogP contribution in [0.5, 0.6) is 5.75 Å². The van der Waals surface area contributed by atoms with E-state index in [9.17, 15) is 14.7 Å². The third kappa shape index (κ3) is 3.74. The van der Waals surface area contributed by atoms with E-state index in [2.05, 4.69) is 5.32 Å². The summed E-state index contributed by atoms with van der Waals surface area (Å²) < 4.78 is 0.861. The van der Waals surface area contributed by atoms with Crippen molar-refractivity contribution in [2.24, 2.45) is 5.73 Å². The van der Waals surface area contributed by atoms with Crippen LogP contribution in [0.4, 0.5) is 5.69 Å². The number of aromatic hydroxyl groups is 1. The summed E-state index contributed by atoms with van der Waals surface area (Å²) in [5.41, 5.74) is 5.12. The number of halogens is 1. The number of nitrogens with two attached hydrogens (primary N) is 1. The van der Waals surface area contributed by atoms with Crippen LogP contribution in [-0.2, 0) is 9.59 Å². The maximum Gasteiger partial charge on any atom is 0.233 e. The van der Waals surface area contributed by atoms with Gasteiger partial charge >= 0.3 is 0 Å². The molecule has 1 aromatic rings. The molecule has 80 valence electrons. The molecule has 0 aliphatic heterocycles. The van der Waals surface area contributed by atoms with Gasteiger partial charge in [0.05, 0.1) is 5.69 Å². The van der Waals surface area contributed by atoms with Crippen LogP contribution >= 0.6 is 22.6 Å². The van der Waals surface area contributed by atoms with Gasteiger partial charge in [-0.25, -0.2) is 0 Å². The van der Waals surface area contributed by atoms with Crippen molar-refractivity contribution in [3.8, 4) is 5.75 Å². The minimum Gasteiger partial charge on any atom is -0.506 e. The first-order valence-corrected chi connectivity index (χ1v) is 5.13. The van der Waals surface area contributed by atoms with Crippen molar-refractivity contribution < 1.29 is 14.7 Å². The third-order valence-electron chi connectivity index (χ3n) is 1.57. The first-order chi connectivity index (χ1) is 6.99. The molecule has 1 aromatic carbocycles. The highest BCUT2D eigenvalue weighted by Gasteiger charge is 2.09. The largest absolute Gasteiger partial charge is 0.506 e. The van der Waals surface area contributed by atoms with Gasteiger partial charge in [-0.15, -0.1) is 0 Å². The van der Waals surface area contributed by atoms with Crippen molar-refractivity contribution in [2.75, 3.05) is 5.32 Å². The van der Waals surface area contributed by atoms with E-state index < -0.39 is 18.2 Å². The van der Waals surface area contributed by atoms with Crippen LogP contribution in [0.15, 0.2) is 18.2 Å². The Kier molecular flexibility index (Phi) is 3.89. The molecule has 15 heavy (non-hydrogen) atoms. The van der Waals surface area contributed by atoms with Gasteiger partial charge in [0.15, 0.2) is 0 Å². The van der Waals surface area contributed by atoms with Crippen LogP contribution < -0.4 is 11.1 Å². The normalized spacial score (nSPS) is 9.67. The molecule has 0 heterocycles. The van der Waals surface area contributed by atoms with E-state index in [-0.39, 0.29) is 11.4 Å². The second kappa shape index (κ2) is 4.96. The van der Waals surface area contributed by atoms with E-state index >= 15 is 0 Å². The molecule has 0 atom stereocenters. The molecule has 0 saturated heterocycles. The standard InChI is InChI=1S/C9H9IN2O3/c10-5-1-2-7(13)6(3-5)12-9(15)4-8(11)14/h1-3,13H,4H2,(H2,11,14)(H,12,15). The zero-order valence-electron chi connectivity index (χ0n) is 7.66. The summed E-state index contributed by atoms with van der Waals surface area (Å²) >= 11 is 2.04. The number of hydrogen-bond donors (Lipinski definition) is 3. The lowest BCUT2D eigenvalue weighted by molar-refractivity contribution is -0.124. The molecule has 0 spiro atoms. The van der Waals surface area contributed by atoms with Gasteiger partial charge in [-0.1, -0.05) is 0 Å². The number of phenols is 1. The maximum atomic E-state index is 11.2. The van der Waals surface area contributed by atoms with Crippen LogP contribution in [0.2, 0.25) is 0 Å². The number of phenolic OH excluding ortho intramolecular Hbond substituents is 1. The van der Waals surface area contributed by atoms with Crippen molar-refractivity contribution in [3.05, 3.63) is 21.8 Å². The number of primary amides is 1. The molecule has 2 amide bonds. The fourth-order valence-electron chi connectivity index (χ4n) is 0.961. The first kappa shape index (κ1) is 11.8. The summed E-state index contributed by atoms with van der Waals surface area (Å²) in [7, 11) is 0. The quantitative estimate of drug-likeness (QED) is 0.437. The number of rotatable bonds is 3. The zero-order chi connectivity index (χ0) is 11.4. The number of carbonyl (C=O) groups is 2. The van der Waals surface area contributed by atoms with E-state index in [0.29, 0.717) is 0 Å². The summed E-state index contributed by atoms with van der Waals surface area (Å²) in [6, 6.07) is 4.75. The zero-order valence-corrected chi connectivity index (χ0v) is 9.82. The molecule has 5 nitrogen and oxygen atoms in total. The lowest BCUT2D eigenvalue weighted by Gasteiger charge is -2.06.